The zero-order chi connectivity index (χ0) is 10.7. The second-order valence-corrected chi connectivity index (χ2v) is 3.94. The first-order chi connectivity index (χ1) is 7.28. The molecule has 0 unspecified atom stereocenters. The lowest BCUT2D eigenvalue weighted by molar-refractivity contribution is 0.144. The third-order valence-corrected chi connectivity index (χ3v) is 2.87. The lowest BCUT2D eigenvalue weighted by Gasteiger charge is -2.41. The van der Waals surface area contributed by atoms with Crippen LogP contribution < -0.4 is 5.32 Å². The Labute approximate surface area is 88.6 Å². The van der Waals surface area contributed by atoms with E-state index in [0.29, 0.717) is 11.5 Å². The summed E-state index contributed by atoms with van der Waals surface area (Å²) in [7, 11) is 0. The number of nitriles is 1. The highest BCUT2D eigenvalue weighted by molar-refractivity contribution is 5.41. The Morgan fingerprint density at radius 3 is 2.87 bits per heavy atom. The fourth-order valence-corrected chi connectivity index (χ4v) is 1.76. The number of nitrogens with one attached hydrogen (secondary N) is 1. The van der Waals surface area contributed by atoms with Crippen molar-refractivity contribution >= 4 is 5.82 Å². The molecule has 1 aromatic rings. The van der Waals surface area contributed by atoms with Crippen LogP contribution in [0.3, 0.4) is 0 Å². The first kappa shape index (κ1) is 9.94. The highest BCUT2D eigenvalue weighted by Crippen LogP contribution is 2.34. The predicted octanol–water partition coefficient (Wildman–Crippen LogP) is 1.28. The van der Waals surface area contributed by atoms with E-state index in [2.05, 4.69) is 10.3 Å². The van der Waals surface area contributed by atoms with Crippen LogP contribution in [0.2, 0.25) is 0 Å². The number of rotatable bonds is 3. The number of anilines is 1. The summed E-state index contributed by atoms with van der Waals surface area (Å²) in [6.45, 7) is 0.117. The molecule has 15 heavy (non-hydrogen) atoms. The summed E-state index contributed by atoms with van der Waals surface area (Å²) in [6.07, 6.45) is 3.05. The van der Waals surface area contributed by atoms with Crippen molar-refractivity contribution in [1.29, 1.82) is 5.26 Å². The zero-order valence-corrected chi connectivity index (χ0v) is 8.40. The third-order valence-electron chi connectivity index (χ3n) is 2.87. The Kier molecular flexibility index (Phi) is 2.57. The molecular weight excluding hydrogens is 190 g/mol. The van der Waals surface area contributed by atoms with Crippen LogP contribution in [0.15, 0.2) is 18.2 Å². The molecule has 0 atom stereocenters. The summed E-state index contributed by atoms with van der Waals surface area (Å²) < 4.78 is 0. The molecule has 78 valence electrons. The lowest BCUT2D eigenvalue weighted by atomic mass is 9.77. The van der Waals surface area contributed by atoms with Gasteiger partial charge in [0.2, 0.25) is 0 Å². The summed E-state index contributed by atoms with van der Waals surface area (Å²) in [5.41, 5.74) is 0.188. The van der Waals surface area contributed by atoms with Gasteiger partial charge in [0.25, 0.3) is 0 Å². The maximum Gasteiger partial charge on any atom is 0.142 e. The van der Waals surface area contributed by atoms with E-state index in [1.807, 2.05) is 12.1 Å². The minimum atomic E-state index is -0.207. The van der Waals surface area contributed by atoms with Crippen LogP contribution in [0, 0.1) is 11.3 Å². The quantitative estimate of drug-likeness (QED) is 0.776. The molecule has 0 saturated heterocycles. The van der Waals surface area contributed by atoms with E-state index >= 15 is 0 Å². The summed E-state index contributed by atoms with van der Waals surface area (Å²) in [4.78, 5) is 4.12. The van der Waals surface area contributed by atoms with Crippen molar-refractivity contribution in [3.05, 3.63) is 23.9 Å². The molecule has 2 N–H and O–H groups in total. The van der Waals surface area contributed by atoms with Crippen molar-refractivity contribution < 1.29 is 5.11 Å². The van der Waals surface area contributed by atoms with Gasteiger partial charge < -0.3 is 10.4 Å². The number of aliphatic hydroxyl groups excluding tert-OH is 1. The van der Waals surface area contributed by atoms with E-state index in [0.717, 1.165) is 19.3 Å². The number of nitrogens with zero attached hydrogens (tertiary/aromatic N) is 2. The lowest BCUT2D eigenvalue weighted by Crippen LogP contribution is -2.48. The molecule has 1 aromatic heterocycles. The van der Waals surface area contributed by atoms with Gasteiger partial charge in [-0.25, -0.2) is 4.98 Å². The maximum atomic E-state index is 9.27. The molecule has 0 aliphatic heterocycles. The van der Waals surface area contributed by atoms with Gasteiger partial charge >= 0.3 is 0 Å². The predicted molar refractivity (Wildman–Crippen MR) is 56.2 cm³/mol. The van der Waals surface area contributed by atoms with E-state index in [4.69, 9.17) is 5.26 Å². The molecule has 1 aliphatic rings. The molecule has 1 fully saturated rings. The largest absolute Gasteiger partial charge is 0.394 e. The topological polar surface area (TPSA) is 68.9 Å². The SMILES string of the molecule is N#Cc1cccc(NC2(CO)CCC2)n1. The standard InChI is InChI=1S/C11H13N3O/c12-7-9-3-1-4-10(13-9)14-11(8-15)5-2-6-11/h1,3-4,15H,2,5-6,8H2,(H,13,14). The van der Waals surface area contributed by atoms with Crippen LogP contribution in [0.5, 0.6) is 0 Å². The molecule has 1 saturated carbocycles. The van der Waals surface area contributed by atoms with Gasteiger partial charge in [0.1, 0.15) is 17.6 Å². The monoisotopic (exact) mass is 203 g/mol. The molecule has 0 bridgehead atoms. The fourth-order valence-electron chi connectivity index (χ4n) is 1.76. The normalized spacial score (nSPS) is 17.6. The van der Waals surface area contributed by atoms with Crippen LogP contribution in [-0.4, -0.2) is 22.2 Å². The molecule has 4 nitrogen and oxygen atoms in total. The number of hydrogen-bond donors (Lipinski definition) is 2. The summed E-state index contributed by atoms with van der Waals surface area (Å²) in [6, 6.07) is 7.26. The number of pyridine rings is 1. The molecule has 0 aromatic carbocycles. The fraction of sp³-hybridized carbons (Fsp3) is 0.455. The molecule has 1 aliphatic carbocycles. The first-order valence-electron chi connectivity index (χ1n) is 5.04. The smallest absolute Gasteiger partial charge is 0.142 e. The van der Waals surface area contributed by atoms with Gasteiger partial charge in [-0.05, 0) is 31.4 Å². The van der Waals surface area contributed by atoms with Crippen molar-refractivity contribution in [2.24, 2.45) is 0 Å². The Morgan fingerprint density at radius 1 is 1.53 bits per heavy atom. The summed E-state index contributed by atoms with van der Waals surface area (Å²) in [5.74, 6) is 0.669. The van der Waals surface area contributed by atoms with Gasteiger partial charge in [-0.1, -0.05) is 6.07 Å². The van der Waals surface area contributed by atoms with Crippen LogP contribution in [0.1, 0.15) is 25.0 Å². The second-order valence-electron chi connectivity index (χ2n) is 3.94. The Balaban J connectivity index is 2.13. The molecule has 4 heteroatoms. The van der Waals surface area contributed by atoms with Crippen molar-refractivity contribution in [2.45, 2.75) is 24.8 Å². The van der Waals surface area contributed by atoms with E-state index in [9.17, 15) is 5.11 Å². The molecular formula is C11H13N3O. The molecule has 1 heterocycles. The highest BCUT2D eigenvalue weighted by Gasteiger charge is 2.36. The number of aliphatic hydroxyl groups is 1. The molecule has 0 spiro atoms. The van der Waals surface area contributed by atoms with Gasteiger partial charge in [-0.2, -0.15) is 5.26 Å². The molecule has 2 rings (SSSR count). The first-order valence-corrected chi connectivity index (χ1v) is 5.04. The van der Waals surface area contributed by atoms with Gasteiger partial charge in [0, 0.05) is 0 Å². The van der Waals surface area contributed by atoms with Crippen LogP contribution in [0.25, 0.3) is 0 Å². The van der Waals surface area contributed by atoms with E-state index < -0.39 is 0 Å². The van der Waals surface area contributed by atoms with Crippen molar-refractivity contribution in [2.75, 3.05) is 11.9 Å². The van der Waals surface area contributed by atoms with E-state index in [1.165, 1.54) is 0 Å². The van der Waals surface area contributed by atoms with Gasteiger partial charge in [0.05, 0.1) is 12.1 Å². The van der Waals surface area contributed by atoms with Crippen molar-refractivity contribution in [3.8, 4) is 6.07 Å². The second kappa shape index (κ2) is 3.87. The Hall–Kier alpha value is -1.60. The maximum absolute atomic E-state index is 9.27. The van der Waals surface area contributed by atoms with Crippen molar-refractivity contribution in [3.63, 3.8) is 0 Å². The van der Waals surface area contributed by atoms with E-state index in [1.54, 1.807) is 12.1 Å². The minimum absolute atomic E-state index is 0.117. The number of aromatic nitrogens is 1. The average molecular weight is 203 g/mol. The Morgan fingerprint density at radius 2 is 2.33 bits per heavy atom. The summed E-state index contributed by atoms with van der Waals surface area (Å²) >= 11 is 0. The Bertz CT molecular complexity index is 388. The van der Waals surface area contributed by atoms with Crippen LogP contribution in [-0.2, 0) is 0 Å². The van der Waals surface area contributed by atoms with Gasteiger partial charge in [0.15, 0.2) is 0 Å². The van der Waals surface area contributed by atoms with E-state index in [-0.39, 0.29) is 12.1 Å². The highest BCUT2D eigenvalue weighted by atomic mass is 16.3. The molecule has 0 amide bonds. The van der Waals surface area contributed by atoms with Gasteiger partial charge in [-0.15, -0.1) is 0 Å². The number of hydrogen-bond acceptors (Lipinski definition) is 4. The van der Waals surface area contributed by atoms with Gasteiger partial charge in [-0.3, -0.25) is 0 Å². The third kappa shape index (κ3) is 1.92. The summed E-state index contributed by atoms with van der Waals surface area (Å²) in [5, 5.41) is 21.2. The molecule has 0 radical (unpaired) electrons. The average Bonchev–Trinajstić information content (AvgIpc) is 2.24. The minimum Gasteiger partial charge on any atom is -0.394 e. The van der Waals surface area contributed by atoms with Crippen molar-refractivity contribution in [1.82, 2.24) is 4.98 Å². The van der Waals surface area contributed by atoms with Crippen LogP contribution in [0.4, 0.5) is 5.82 Å². The zero-order valence-electron chi connectivity index (χ0n) is 8.40. The van der Waals surface area contributed by atoms with Crippen LogP contribution >= 0.6 is 0 Å².